The summed E-state index contributed by atoms with van der Waals surface area (Å²) < 4.78 is 10.1. The molecule has 1 fully saturated rings. The third-order valence-corrected chi connectivity index (χ3v) is 2.90. The van der Waals surface area contributed by atoms with Crippen molar-refractivity contribution < 1.29 is 19.4 Å². The molecule has 13 heavy (non-hydrogen) atoms. The van der Waals surface area contributed by atoms with Crippen LogP contribution in [0.25, 0.3) is 0 Å². The van der Waals surface area contributed by atoms with E-state index in [-0.39, 0.29) is 18.3 Å². The van der Waals surface area contributed by atoms with Crippen LogP contribution in [-0.2, 0) is 14.3 Å². The molecule has 1 saturated heterocycles. The first-order valence-electron chi connectivity index (χ1n) is 4.19. The number of carbonyl (C=O) groups is 1. The fourth-order valence-corrected chi connectivity index (χ4v) is 2.01. The lowest BCUT2D eigenvalue weighted by molar-refractivity contribution is -0.123. The monoisotopic (exact) mass is 184 g/mol. The van der Waals surface area contributed by atoms with Gasteiger partial charge in [-0.3, -0.25) is 4.79 Å². The quantitative estimate of drug-likeness (QED) is 0.626. The van der Waals surface area contributed by atoms with E-state index in [4.69, 9.17) is 9.47 Å². The number of fused-ring (bicyclic) bond motifs is 1. The van der Waals surface area contributed by atoms with Crippen LogP contribution in [0.4, 0.5) is 0 Å². The fraction of sp³-hybridized carbons (Fsp3) is 0.667. The van der Waals surface area contributed by atoms with E-state index in [9.17, 15) is 9.90 Å². The first-order chi connectivity index (χ1) is 6.09. The Morgan fingerprint density at radius 1 is 1.77 bits per heavy atom. The van der Waals surface area contributed by atoms with Gasteiger partial charge in [-0.2, -0.15) is 0 Å². The lowest BCUT2D eigenvalue weighted by Gasteiger charge is -2.21. The van der Waals surface area contributed by atoms with Gasteiger partial charge in [0.15, 0.2) is 12.1 Å². The van der Waals surface area contributed by atoms with Crippen LogP contribution in [0.5, 0.6) is 0 Å². The van der Waals surface area contributed by atoms with Gasteiger partial charge in [-0.25, -0.2) is 0 Å². The highest BCUT2D eigenvalue weighted by molar-refractivity contribution is 5.98. The van der Waals surface area contributed by atoms with Gasteiger partial charge in [0.05, 0.1) is 25.0 Å². The molecule has 0 aromatic carbocycles. The van der Waals surface area contributed by atoms with Crippen LogP contribution in [0.2, 0.25) is 0 Å². The van der Waals surface area contributed by atoms with E-state index in [1.165, 1.54) is 13.2 Å². The molecule has 0 spiro atoms. The van der Waals surface area contributed by atoms with Crippen molar-refractivity contribution >= 4 is 5.78 Å². The predicted octanol–water partition coefficient (Wildman–Crippen LogP) is 0.0705. The summed E-state index contributed by atoms with van der Waals surface area (Å²) in [5, 5.41) is 9.49. The van der Waals surface area contributed by atoms with E-state index in [1.54, 1.807) is 6.92 Å². The zero-order valence-corrected chi connectivity index (χ0v) is 7.61. The SMILES string of the molecule is COC1=CC(=O)[C@@]2(C)CO[C@@H](O)[C@@H]12. The Hall–Kier alpha value is -0.870. The molecule has 4 heteroatoms. The molecule has 0 amide bonds. The van der Waals surface area contributed by atoms with E-state index in [1.807, 2.05) is 0 Å². The van der Waals surface area contributed by atoms with E-state index >= 15 is 0 Å². The maximum Gasteiger partial charge on any atom is 0.168 e. The molecule has 0 unspecified atom stereocenters. The third-order valence-electron chi connectivity index (χ3n) is 2.90. The number of allylic oxidation sites excluding steroid dienone is 1. The molecule has 0 aromatic heterocycles. The summed E-state index contributed by atoms with van der Waals surface area (Å²) in [6, 6.07) is 0. The Kier molecular flexibility index (Phi) is 1.72. The van der Waals surface area contributed by atoms with Crippen molar-refractivity contribution in [2.45, 2.75) is 13.2 Å². The van der Waals surface area contributed by atoms with E-state index in [2.05, 4.69) is 0 Å². The zero-order chi connectivity index (χ0) is 9.64. The molecular weight excluding hydrogens is 172 g/mol. The summed E-state index contributed by atoms with van der Waals surface area (Å²) in [5.74, 6) is 0.174. The average molecular weight is 184 g/mol. The fourth-order valence-electron chi connectivity index (χ4n) is 2.01. The number of aliphatic hydroxyl groups is 1. The minimum absolute atomic E-state index is 0.0223. The van der Waals surface area contributed by atoms with Crippen LogP contribution in [0.3, 0.4) is 0 Å². The first kappa shape index (κ1) is 8.72. The summed E-state index contributed by atoms with van der Waals surface area (Å²) in [5.41, 5.74) is -0.620. The lowest BCUT2D eigenvalue weighted by atomic mass is 9.80. The van der Waals surface area contributed by atoms with Gasteiger partial charge in [-0.1, -0.05) is 0 Å². The van der Waals surface area contributed by atoms with E-state index < -0.39 is 11.7 Å². The van der Waals surface area contributed by atoms with Crippen LogP contribution in [0.15, 0.2) is 11.8 Å². The minimum Gasteiger partial charge on any atom is -0.500 e. The second-order valence-electron chi connectivity index (χ2n) is 3.71. The molecule has 0 radical (unpaired) electrons. The second kappa shape index (κ2) is 2.56. The Labute approximate surface area is 76.1 Å². The summed E-state index contributed by atoms with van der Waals surface area (Å²) in [6.07, 6.45) is 0.541. The van der Waals surface area contributed by atoms with Gasteiger partial charge in [0, 0.05) is 6.08 Å². The maximum absolute atomic E-state index is 11.5. The molecule has 0 saturated carbocycles. The normalized spacial score (nSPS) is 43.3. The Morgan fingerprint density at radius 3 is 3.08 bits per heavy atom. The number of carbonyl (C=O) groups excluding carboxylic acids is 1. The Balaban J connectivity index is 2.38. The Bertz CT molecular complexity index is 283. The number of rotatable bonds is 1. The van der Waals surface area contributed by atoms with Crippen molar-refractivity contribution in [3.63, 3.8) is 0 Å². The molecule has 0 aromatic rings. The van der Waals surface area contributed by atoms with Crippen molar-refractivity contribution in [2.75, 3.05) is 13.7 Å². The lowest BCUT2D eigenvalue weighted by Crippen LogP contribution is -2.32. The van der Waals surface area contributed by atoms with Crippen molar-refractivity contribution in [2.24, 2.45) is 11.3 Å². The Morgan fingerprint density at radius 2 is 2.46 bits per heavy atom. The number of ketones is 1. The largest absolute Gasteiger partial charge is 0.500 e. The van der Waals surface area contributed by atoms with Crippen LogP contribution >= 0.6 is 0 Å². The van der Waals surface area contributed by atoms with E-state index in [0.29, 0.717) is 5.76 Å². The van der Waals surface area contributed by atoms with Crippen molar-refractivity contribution in [1.29, 1.82) is 0 Å². The summed E-state index contributed by atoms with van der Waals surface area (Å²) in [6.45, 7) is 2.06. The highest BCUT2D eigenvalue weighted by Crippen LogP contribution is 2.47. The molecule has 1 N–H and O–H groups in total. The average Bonchev–Trinajstić information content (AvgIpc) is 2.52. The van der Waals surface area contributed by atoms with Crippen LogP contribution in [0.1, 0.15) is 6.92 Å². The first-order valence-corrected chi connectivity index (χ1v) is 4.19. The molecule has 0 bridgehead atoms. The maximum atomic E-state index is 11.5. The highest BCUT2D eigenvalue weighted by atomic mass is 16.6. The molecule has 1 aliphatic carbocycles. The van der Waals surface area contributed by atoms with Gasteiger partial charge in [-0.05, 0) is 6.92 Å². The van der Waals surface area contributed by atoms with Gasteiger partial charge in [0.2, 0.25) is 0 Å². The van der Waals surface area contributed by atoms with Gasteiger partial charge < -0.3 is 14.6 Å². The highest BCUT2D eigenvalue weighted by Gasteiger charge is 2.56. The summed E-state index contributed by atoms with van der Waals surface area (Å²) in [4.78, 5) is 11.5. The number of hydrogen-bond donors (Lipinski definition) is 1. The topological polar surface area (TPSA) is 55.8 Å². The smallest absolute Gasteiger partial charge is 0.168 e. The standard InChI is InChI=1S/C9H12O4/c1-9-4-13-8(11)7(9)5(12-2)3-6(9)10/h3,7-8,11H,4H2,1-2H3/t7-,8-,9-/m1/s1. The molecule has 1 aliphatic heterocycles. The van der Waals surface area contributed by atoms with Crippen molar-refractivity contribution in [3.05, 3.63) is 11.8 Å². The molecule has 1 heterocycles. The summed E-state index contributed by atoms with van der Waals surface area (Å²) in [7, 11) is 1.50. The van der Waals surface area contributed by atoms with Gasteiger partial charge in [0.1, 0.15) is 5.76 Å². The summed E-state index contributed by atoms with van der Waals surface area (Å²) >= 11 is 0. The molecule has 3 atom stereocenters. The minimum atomic E-state index is -0.914. The van der Waals surface area contributed by atoms with Crippen molar-refractivity contribution in [3.8, 4) is 0 Å². The molecular formula is C9H12O4. The molecule has 72 valence electrons. The zero-order valence-electron chi connectivity index (χ0n) is 7.61. The number of ether oxygens (including phenoxy) is 2. The van der Waals surface area contributed by atoms with Gasteiger partial charge in [-0.15, -0.1) is 0 Å². The number of aliphatic hydroxyl groups excluding tert-OH is 1. The number of methoxy groups -OCH3 is 1. The second-order valence-corrected chi connectivity index (χ2v) is 3.71. The van der Waals surface area contributed by atoms with E-state index in [0.717, 1.165) is 0 Å². The third kappa shape index (κ3) is 0.957. The van der Waals surface area contributed by atoms with Crippen LogP contribution < -0.4 is 0 Å². The van der Waals surface area contributed by atoms with Crippen LogP contribution in [-0.4, -0.2) is 30.9 Å². The van der Waals surface area contributed by atoms with Crippen molar-refractivity contribution in [1.82, 2.24) is 0 Å². The molecule has 2 rings (SSSR count). The molecule has 2 aliphatic rings. The predicted molar refractivity (Wildman–Crippen MR) is 43.7 cm³/mol. The number of hydrogen-bond acceptors (Lipinski definition) is 4. The molecule has 4 nitrogen and oxygen atoms in total. The van der Waals surface area contributed by atoms with Gasteiger partial charge >= 0.3 is 0 Å². The van der Waals surface area contributed by atoms with Gasteiger partial charge in [0.25, 0.3) is 0 Å². The van der Waals surface area contributed by atoms with Crippen LogP contribution in [0, 0.1) is 11.3 Å².